The third kappa shape index (κ3) is 6.54. The van der Waals surface area contributed by atoms with Crippen molar-refractivity contribution >= 4 is 15.7 Å². The van der Waals surface area contributed by atoms with Crippen molar-refractivity contribution in [2.45, 2.75) is 50.4 Å². The lowest BCUT2D eigenvalue weighted by Gasteiger charge is -2.21. The van der Waals surface area contributed by atoms with Crippen LogP contribution in [-0.2, 0) is 20.5 Å². The van der Waals surface area contributed by atoms with Crippen LogP contribution >= 0.6 is 0 Å². The highest BCUT2D eigenvalue weighted by Crippen LogP contribution is 2.20. The number of nitro groups is 1. The van der Waals surface area contributed by atoms with Gasteiger partial charge in [0.05, 0.1) is 16.8 Å². The summed E-state index contributed by atoms with van der Waals surface area (Å²) in [6.07, 6.45) is 6.88. The Morgan fingerprint density at radius 3 is 2.46 bits per heavy atom. The van der Waals surface area contributed by atoms with Crippen LogP contribution in [0.2, 0.25) is 0 Å². The lowest BCUT2D eigenvalue weighted by molar-refractivity contribution is -0.384. The molecule has 0 aromatic heterocycles. The van der Waals surface area contributed by atoms with E-state index in [1.54, 1.807) is 0 Å². The molecule has 2 rings (SSSR count). The number of non-ortho nitro benzene ring substituents is 1. The zero-order chi connectivity index (χ0) is 17.4. The van der Waals surface area contributed by atoms with Gasteiger partial charge in [0, 0.05) is 25.3 Å². The largest absolute Gasteiger partial charge is 0.378 e. The molecule has 1 aromatic carbocycles. The Morgan fingerprint density at radius 2 is 1.83 bits per heavy atom. The Labute approximate surface area is 142 Å². The fourth-order valence-electron chi connectivity index (χ4n) is 2.77. The topological polar surface area (TPSA) is 98.5 Å². The molecular formula is C16H24N2O5S. The number of sulfonamides is 1. The van der Waals surface area contributed by atoms with E-state index < -0.39 is 14.9 Å². The normalized spacial score (nSPS) is 16.2. The molecule has 0 atom stereocenters. The predicted octanol–water partition coefficient (Wildman–Crippen LogP) is 2.75. The summed E-state index contributed by atoms with van der Waals surface area (Å²) in [5, 5.41) is 10.6. The third-order valence-electron chi connectivity index (χ3n) is 4.05. The number of ether oxygens (including phenoxy) is 1. The van der Waals surface area contributed by atoms with Crippen LogP contribution in [-0.4, -0.2) is 32.6 Å². The standard InChI is InChI=1S/C16H24N2O5S/c19-18(20)15-9-7-14(8-10-15)13-24(21,22)17-11-4-12-23-16-5-2-1-3-6-16/h7-10,16-17H,1-6,11-13H2. The van der Waals surface area contributed by atoms with Crippen LogP contribution in [0.3, 0.4) is 0 Å². The highest BCUT2D eigenvalue weighted by Gasteiger charge is 2.14. The summed E-state index contributed by atoms with van der Waals surface area (Å²) in [6.45, 7) is 0.896. The Kier molecular flexibility index (Phi) is 7.14. The molecular weight excluding hydrogens is 332 g/mol. The van der Waals surface area contributed by atoms with Gasteiger partial charge in [-0.25, -0.2) is 13.1 Å². The molecule has 1 aliphatic rings. The van der Waals surface area contributed by atoms with E-state index in [1.807, 2.05) is 0 Å². The van der Waals surface area contributed by atoms with Crippen LogP contribution in [0.15, 0.2) is 24.3 Å². The zero-order valence-electron chi connectivity index (χ0n) is 13.6. The van der Waals surface area contributed by atoms with Gasteiger partial charge in [-0.3, -0.25) is 10.1 Å². The second kappa shape index (κ2) is 9.10. The van der Waals surface area contributed by atoms with E-state index in [1.165, 1.54) is 43.5 Å². The van der Waals surface area contributed by atoms with Crippen molar-refractivity contribution < 1.29 is 18.1 Å². The van der Waals surface area contributed by atoms with Crippen molar-refractivity contribution in [1.29, 1.82) is 0 Å². The van der Waals surface area contributed by atoms with Crippen LogP contribution in [0.5, 0.6) is 0 Å². The van der Waals surface area contributed by atoms with Crippen LogP contribution < -0.4 is 4.72 Å². The van der Waals surface area contributed by atoms with Crippen molar-refractivity contribution in [1.82, 2.24) is 4.72 Å². The van der Waals surface area contributed by atoms with Crippen LogP contribution in [0.25, 0.3) is 0 Å². The highest BCUT2D eigenvalue weighted by atomic mass is 32.2. The second-order valence-electron chi connectivity index (χ2n) is 6.06. The van der Waals surface area contributed by atoms with Gasteiger partial charge < -0.3 is 4.74 Å². The first-order valence-corrected chi connectivity index (χ1v) is 9.94. The summed E-state index contributed by atoms with van der Waals surface area (Å²) in [4.78, 5) is 10.1. The lowest BCUT2D eigenvalue weighted by atomic mass is 9.98. The fourth-order valence-corrected chi connectivity index (χ4v) is 3.95. The molecule has 24 heavy (non-hydrogen) atoms. The minimum absolute atomic E-state index is 0.0519. The Hall–Kier alpha value is -1.51. The first-order chi connectivity index (χ1) is 11.5. The Balaban J connectivity index is 1.68. The van der Waals surface area contributed by atoms with Gasteiger partial charge in [0.2, 0.25) is 10.0 Å². The number of nitrogens with zero attached hydrogens (tertiary/aromatic N) is 1. The molecule has 134 valence electrons. The number of hydrogen-bond acceptors (Lipinski definition) is 5. The minimum Gasteiger partial charge on any atom is -0.378 e. The molecule has 7 nitrogen and oxygen atoms in total. The molecule has 0 heterocycles. The molecule has 0 unspecified atom stereocenters. The van der Waals surface area contributed by atoms with Gasteiger partial charge in [0.15, 0.2) is 0 Å². The quantitative estimate of drug-likeness (QED) is 0.417. The van der Waals surface area contributed by atoms with Crippen LogP contribution in [0, 0.1) is 10.1 Å². The van der Waals surface area contributed by atoms with Crippen molar-refractivity contribution in [2.24, 2.45) is 0 Å². The number of nitro benzene ring substituents is 1. The smallest absolute Gasteiger partial charge is 0.269 e. The van der Waals surface area contributed by atoms with Gasteiger partial charge >= 0.3 is 0 Å². The fraction of sp³-hybridized carbons (Fsp3) is 0.625. The molecule has 0 saturated heterocycles. The summed E-state index contributed by atoms with van der Waals surface area (Å²) in [6, 6.07) is 5.54. The monoisotopic (exact) mass is 356 g/mol. The molecule has 1 aliphatic carbocycles. The van der Waals surface area contributed by atoms with E-state index in [0.717, 1.165) is 12.8 Å². The summed E-state index contributed by atoms with van der Waals surface area (Å²) < 4.78 is 32.3. The number of benzene rings is 1. The molecule has 1 aromatic rings. The molecule has 0 aliphatic heterocycles. The number of hydrogen-bond donors (Lipinski definition) is 1. The predicted molar refractivity (Wildman–Crippen MR) is 91.2 cm³/mol. The van der Waals surface area contributed by atoms with Gasteiger partial charge in [-0.15, -0.1) is 0 Å². The first kappa shape index (κ1) is 18.8. The average molecular weight is 356 g/mol. The maximum absolute atomic E-state index is 12.0. The minimum atomic E-state index is -3.45. The lowest BCUT2D eigenvalue weighted by Crippen LogP contribution is -2.27. The molecule has 0 amide bonds. The summed E-state index contributed by atoms with van der Waals surface area (Å²) in [7, 11) is -3.45. The molecule has 1 saturated carbocycles. The molecule has 1 fully saturated rings. The van der Waals surface area contributed by atoms with Gasteiger partial charge in [0.1, 0.15) is 0 Å². The summed E-state index contributed by atoms with van der Waals surface area (Å²) >= 11 is 0. The van der Waals surface area contributed by atoms with E-state index >= 15 is 0 Å². The van der Waals surface area contributed by atoms with Crippen molar-refractivity contribution in [2.75, 3.05) is 13.2 Å². The molecule has 1 N–H and O–H groups in total. The highest BCUT2D eigenvalue weighted by molar-refractivity contribution is 7.88. The summed E-state index contributed by atoms with van der Waals surface area (Å²) in [5.41, 5.74) is 0.468. The van der Waals surface area contributed by atoms with Gasteiger partial charge in [-0.05, 0) is 24.8 Å². The summed E-state index contributed by atoms with van der Waals surface area (Å²) in [5.74, 6) is -0.186. The van der Waals surface area contributed by atoms with E-state index in [4.69, 9.17) is 4.74 Å². The maximum Gasteiger partial charge on any atom is 0.269 e. The van der Waals surface area contributed by atoms with Crippen LogP contribution in [0.1, 0.15) is 44.1 Å². The molecule has 8 heteroatoms. The average Bonchev–Trinajstić information content (AvgIpc) is 2.55. The molecule has 0 radical (unpaired) electrons. The first-order valence-electron chi connectivity index (χ1n) is 8.28. The molecule has 0 bridgehead atoms. The van der Waals surface area contributed by atoms with Crippen molar-refractivity contribution in [3.8, 4) is 0 Å². The Bertz CT molecular complexity index is 624. The second-order valence-corrected chi connectivity index (χ2v) is 7.87. The van der Waals surface area contributed by atoms with Crippen molar-refractivity contribution in [3.05, 3.63) is 39.9 Å². The van der Waals surface area contributed by atoms with E-state index in [9.17, 15) is 18.5 Å². The van der Waals surface area contributed by atoms with E-state index in [0.29, 0.717) is 31.2 Å². The number of nitrogens with one attached hydrogen (secondary N) is 1. The SMILES string of the molecule is O=[N+]([O-])c1ccc(CS(=O)(=O)NCCCOC2CCCCC2)cc1. The van der Waals surface area contributed by atoms with Crippen LogP contribution in [0.4, 0.5) is 5.69 Å². The third-order valence-corrected chi connectivity index (χ3v) is 5.41. The zero-order valence-corrected chi connectivity index (χ0v) is 14.5. The van der Waals surface area contributed by atoms with E-state index in [2.05, 4.69) is 4.72 Å². The van der Waals surface area contributed by atoms with Crippen molar-refractivity contribution in [3.63, 3.8) is 0 Å². The van der Waals surface area contributed by atoms with Gasteiger partial charge in [-0.1, -0.05) is 31.4 Å². The van der Waals surface area contributed by atoms with Gasteiger partial charge in [-0.2, -0.15) is 0 Å². The van der Waals surface area contributed by atoms with E-state index in [-0.39, 0.29) is 11.4 Å². The maximum atomic E-state index is 12.0. The molecule has 0 spiro atoms. The van der Waals surface area contributed by atoms with Gasteiger partial charge in [0.25, 0.3) is 5.69 Å². The number of rotatable bonds is 9. The Morgan fingerprint density at radius 1 is 1.17 bits per heavy atom.